The van der Waals surface area contributed by atoms with Crippen LogP contribution in [0.2, 0.25) is 0 Å². The van der Waals surface area contributed by atoms with E-state index in [0.29, 0.717) is 10.3 Å². The van der Waals surface area contributed by atoms with Crippen LogP contribution < -0.4 is 5.32 Å². The molecular weight excluding hydrogens is 374 g/mol. The first kappa shape index (κ1) is 19.6. The Morgan fingerprint density at radius 1 is 1.14 bits per heavy atom. The van der Waals surface area contributed by atoms with Crippen LogP contribution in [0.5, 0.6) is 0 Å². The Morgan fingerprint density at radius 2 is 1.82 bits per heavy atom. The maximum Gasteiger partial charge on any atom is 0.307 e. The number of amides is 1. The van der Waals surface area contributed by atoms with Gasteiger partial charge in [0, 0.05) is 23.6 Å². The smallest absolute Gasteiger partial charge is 0.307 e. The van der Waals surface area contributed by atoms with Crippen LogP contribution in [0.25, 0.3) is 5.69 Å². The number of H-pyrrole nitrogens is 1. The molecule has 6 nitrogen and oxygen atoms in total. The minimum atomic E-state index is -0.474. The predicted octanol–water partition coefficient (Wildman–Crippen LogP) is 3.88. The predicted molar refractivity (Wildman–Crippen MR) is 109 cm³/mol. The molecule has 0 aliphatic heterocycles. The van der Waals surface area contributed by atoms with E-state index in [4.69, 9.17) is 17.0 Å². The monoisotopic (exact) mass is 395 g/mol. The fourth-order valence-electron chi connectivity index (χ4n) is 2.84. The second-order valence-electron chi connectivity index (χ2n) is 6.40. The van der Waals surface area contributed by atoms with E-state index in [1.807, 2.05) is 54.1 Å². The highest BCUT2D eigenvalue weighted by Gasteiger charge is 2.19. The lowest BCUT2D eigenvalue weighted by atomic mass is 10.0. The highest BCUT2D eigenvalue weighted by atomic mass is 32.1. The van der Waals surface area contributed by atoms with Crippen LogP contribution >= 0.6 is 12.2 Å². The third-order valence-corrected chi connectivity index (χ3v) is 4.75. The number of aromatic amines is 1. The summed E-state index contributed by atoms with van der Waals surface area (Å²) in [5.41, 5.74) is 3.30. The number of carbonyl (C=O) groups excluding carboxylic acids is 2. The Labute approximate surface area is 168 Å². The number of aryl methyl sites for hydroxylation is 1. The van der Waals surface area contributed by atoms with E-state index in [9.17, 15) is 9.59 Å². The van der Waals surface area contributed by atoms with Gasteiger partial charge in [0.05, 0.1) is 19.6 Å². The second-order valence-corrected chi connectivity index (χ2v) is 6.79. The summed E-state index contributed by atoms with van der Waals surface area (Å²) in [5, 5.41) is 2.93. The molecule has 0 fully saturated rings. The van der Waals surface area contributed by atoms with Crippen LogP contribution in [0, 0.1) is 11.7 Å². The fourth-order valence-corrected chi connectivity index (χ4v) is 3.07. The van der Waals surface area contributed by atoms with Gasteiger partial charge in [-0.2, -0.15) is 0 Å². The number of imidazole rings is 1. The Hall–Kier alpha value is -3.19. The van der Waals surface area contributed by atoms with Gasteiger partial charge in [-0.25, -0.2) is 0 Å². The van der Waals surface area contributed by atoms with Gasteiger partial charge in [0.1, 0.15) is 0 Å². The van der Waals surface area contributed by atoms with Crippen molar-refractivity contribution in [1.82, 2.24) is 14.9 Å². The fraction of sp³-hybridized carbons (Fsp3) is 0.190. The summed E-state index contributed by atoms with van der Waals surface area (Å²) in [5.74, 6) is -0.651. The first-order chi connectivity index (χ1) is 13.5. The van der Waals surface area contributed by atoms with Gasteiger partial charge in [-0.15, -0.1) is 0 Å². The summed E-state index contributed by atoms with van der Waals surface area (Å²) in [6, 6.07) is 14.3. The molecule has 1 aromatic heterocycles. The van der Waals surface area contributed by atoms with Crippen LogP contribution in [-0.2, 0) is 9.53 Å². The molecule has 28 heavy (non-hydrogen) atoms. The molecule has 0 unspecified atom stereocenters. The molecule has 0 saturated heterocycles. The van der Waals surface area contributed by atoms with Crippen LogP contribution in [0.15, 0.2) is 60.9 Å². The van der Waals surface area contributed by atoms with E-state index in [0.717, 1.165) is 16.8 Å². The molecule has 144 valence electrons. The van der Waals surface area contributed by atoms with Gasteiger partial charge in [0.15, 0.2) is 4.77 Å². The molecule has 3 aromatic rings. The van der Waals surface area contributed by atoms with Gasteiger partial charge < -0.3 is 15.0 Å². The lowest BCUT2D eigenvalue weighted by molar-refractivity contribution is -0.141. The van der Waals surface area contributed by atoms with Crippen molar-refractivity contribution in [3.63, 3.8) is 0 Å². The summed E-state index contributed by atoms with van der Waals surface area (Å²) >= 11 is 5.21. The number of nitrogens with one attached hydrogen (secondary N) is 2. The number of hydrogen-bond acceptors (Lipinski definition) is 4. The SMILES string of the molecule is COC(=O)C[C@H](NC(=O)c1ccc(-n2cc[nH]c2=S)cc1)c1ccc(C)cc1. The lowest BCUT2D eigenvalue weighted by Gasteiger charge is -2.18. The molecule has 1 heterocycles. The maximum absolute atomic E-state index is 12.7. The number of esters is 1. The lowest BCUT2D eigenvalue weighted by Crippen LogP contribution is -2.30. The third kappa shape index (κ3) is 4.55. The molecule has 1 atom stereocenters. The van der Waals surface area contributed by atoms with Crippen LogP contribution in [0.3, 0.4) is 0 Å². The molecule has 0 aliphatic carbocycles. The Morgan fingerprint density at radius 3 is 2.39 bits per heavy atom. The molecule has 2 N–H and O–H groups in total. The van der Waals surface area contributed by atoms with Crippen molar-refractivity contribution in [3.8, 4) is 5.69 Å². The number of ether oxygens (including phenoxy) is 1. The highest BCUT2D eigenvalue weighted by molar-refractivity contribution is 7.71. The molecule has 0 spiro atoms. The van der Waals surface area contributed by atoms with E-state index in [-0.39, 0.29) is 18.3 Å². The van der Waals surface area contributed by atoms with Crippen LogP contribution in [0.4, 0.5) is 0 Å². The largest absolute Gasteiger partial charge is 0.469 e. The van der Waals surface area contributed by atoms with E-state index in [1.165, 1.54) is 7.11 Å². The summed E-state index contributed by atoms with van der Waals surface area (Å²) in [4.78, 5) is 27.5. The minimum absolute atomic E-state index is 0.0574. The van der Waals surface area contributed by atoms with E-state index in [1.54, 1.807) is 18.3 Å². The van der Waals surface area contributed by atoms with E-state index < -0.39 is 6.04 Å². The minimum Gasteiger partial charge on any atom is -0.469 e. The number of methoxy groups -OCH3 is 1. The number of carbonyl (C=O) groups is 2. The van der Waals surface area contributed by atoms with E-state index in [2.05, 4.69) is 10.3 Å². The average Bonchev–Trinajstić information content (AvgIpc) is 3.14. The molecule has 0 bridgehead atoms. The normalized spacial score (nSPS) is 11.6. The van der Waals surface area contributed by atoms with Crippen molar-refractivity contribution < 1.29 is 14.3 Å². The van der Waals surface area contributed by atoms with Crippen molar-refractivity contribution in [2.45, 2.75) is 19.4 Å². The average molecular weight is 395 g/mol. The van der Waals surface area contributed by atoms with Crippen molar-refractivity contribution in [2.75, 3.05) is 7.11 Å². The quantitative estimate of drug-likeness (QED) is 0.491. The Bertz CT molecular complexity index is 1020. The molecule has 0 radical (unpaired) electrons. The number of rotatable bonds is 6. The molecule has 2 aromatic carbocycles. The zero-order chi connectivity index (χ0) is 20.1. The molecule has 0 aliphatic rings. The van der Waals surface area contributed by atoms with Gasteiger partial charge in [-0.05, 0) is 49.0 Å². The zero-order valence-electron chi connectivity index (χ0n) is 15.6. The standard InChI is InChI=1S/C21H21N3O3S/c1-14-3-5-15(6-4-14)18(13-19(25)27-2)23-20(26)16-7-9-17(10-8-16)24-12-11-22-21(24)28/h3-12,18H,13H2,1-2H3,(H,22,28)(H,23,26)/t18-/m0/s1. The van der Waals surface area contributed by atoms with Crippen LogP contribution in [-0.4, -0.2) is 28.5 Å². The third-order valence-electron chi connectivity index (χ3n) is 4.44. The van der Waals surface area contributed by atoms with Gasteiger partial charge in [0.25, 0.3) is 5.91 Å². The zero-order valence-corrected chi connectivity index (χ0v) is 16.5. The van der Waals surface area contributed by atoms with E-state index >= 15 is 0 Å². The Balaban J connectivity index is 1.79. The van der Waals surface area contributed by atoms with Crippen LogP contribution in [0.1, 0.15) is 33.9 Å². The summed E-state index contributed by atoms with van der Waals surface area (Å²) in [7, 11) is 1.33. The Kier molecular flexibility index (Phi) is 6.06. The van der Waals surface area contributed by atoms with Gasteiger partial charge in [-0.3, -0.25) is 14.2 Å². The second kappa shape index (κ2) is 8.67. The molecule has 0 saturated carbocycles. The van der Waals surface area contributed by atoms with Crippen molar-refractivity contribution >= 4 is 24.1 Å². The number of benzene rings is 2. The molecule has 3 rings (SSSR count). The summed E-state index contributed by atoms with van der Waals surface area (Å²) in [6.45, 7) is 1.98. The number of hydrogen-bond donors (Lipinski definition) is 2. The number of nitrogens with zero attached hydrogens (tertiary/aromatic N) is 1. The number of aromatic nitrogens is 2. The molecule has 1 amide bonds. The topological polar surface area (TPSA) is 76.1 Å². The summed E-state index contributed by atoms with van der Waals surface area (Å²) in [6.07, 6.45) is 3.63. The van der Waals surface area contributed by atoms with Gasteiger partial charge in [0.2, 0.25) is 0 Å². The first-order valence-electron chi connectivity index (χ1n) is 8.78. The first-order valence-corrected chi connectivity index (χ1v) is 9.19. The molecule has 7 heteroatoms. The van der Waals surface area contributed by atoms with Crippen molar-refractivity contribution in [1.29, 1.82) is 0 Å². The van der Waals surface area contributed by atoms with Gasteiger partial charge in [-0.1, -0.05) is 29.8 Å². The highest BCUT2D eigenvalue weighted by Crippen LogP contribution is 2.19. The van der Waals surface area contributed by atoms with Crippen molar-refractivity contribution in [2.24, 2.45) is 0 Å². The summed E-state index contributed by atoms with van der Waals surface area (Å²) < 4.78 is 7.16. The van der Waals surface area contributed by atoms with Gasteiger partial charge >= 0.3 is 5.97 Å². The maximum atomic E-state index is 12.7. The van der Waals surface area contributed by atoms with Crippen molar-refractivity contribution in [3.05, 3.63) is 82.4 Å². The molecular formula is C21H21N3O3S.